The zero-order chi connectivity index (χ0) is 46.0. The van der Waals surface area contributed by atoms with Gasteiger partial charge in [0.15, 0.2) is 0 Å². The molecular weight excluding hydrogens is 801 g/mol. The molecule has 0 saturated heterocycles. The van der Waals surface area contributed by atoms with Crippen molar-refractivity contribution in [1.82, 2.24) is 9.80 Å². The highest BCUT2D eigenvalue weighted by Crippen LogP contribution is 2.51. The van der Waals surface area contributed by atoms with Gasteiger partial charge in [-0.3, -0.25) is 14.6 Å². The van der Waals surface area contributed by atoms with Crippen LogP contribution in [0.3, 0.4) is 0 Å². The molecule has 0 fully saturated rings. The van der Waals surface area contributed by atoms with Crippen molar-refractivity contribution in [2.24, 2.45) is 0 Å². The highest BCUT2D eigenvalue weighted by molar-refractivity contribution is 5.74. The van der Waals surface area contributed by atoms with Crippen LogP contribution in [0.1, 0.15) is 165 Å². The Morgan fingerprint density at radius 2 is 1.16 bits per heavy atom. The van der Waals surface area contributed by atoms with Crippen molar-refractivity contribution in [1.29, 1.82) is 0 Å². The van der Waals surface area contributed by atoms with E-state index in [4.69, 9.17) is 9.47 Å². The van der Waals surface area contributed by atoms with Gasteiger partial charge in [-0.1, -0.05) is 46.6 Å². The second-order valence-electron chi connectivity index (χ2n) is 19.5. The number of rotatable bonds is 18. The minimum absolute atomic E-state index is 0.0426. The van der Waals surface area contributed by atoms with E-state index in [1.54, 1.807) is 6.07 Å². The Morgan fingerprint density at radius 1 is 0.698 bits per heavy atom. The van der Waals surface area contributed by atoms with Crippen molar-refractivity contribution in [3.8, 4) is 23.0 Å². The molecule has 0 bridgehead atoms. The van der Waals surface area contributed by atoms with Crippen molar-refractivity contribution in [3.63, 3.8) is 0 Å². The van der Waals surface area contributed by atoms with E-state index in [1.165, 1.54) is 33.3 Å². The number of hydrogen-bond acceptors (Lipinski definition) is 11. The van der Waals surface area contributed by atoms with Gasteiger partial charge in [0.2, 0.25) is 0 Å². The van der Waals surface area contributed by atoms with Crippen LogP contribution in [0.2, 0.25) is 0 Å². The quantitative estimate of drug-likeness (QED) is 0.0709. The largest absolute Gasteiger partial charge is 0.508 e. The number of aromatic hydroxyl groups is 2. The molecule has 4 aliphatic rings. The molecule has 0 aromatic heterocycles. The maximum absolute atomic E-state index is 12.9. The standard InChI is InChI=1S/C51H72N2O10/c1-30(2)14-9-16-32(5)18-11-21-50(7)43(56)26-36-41(54)24-34-38(45(36)62-50)28-52(47(34)58)23-13-20-40(49(60)61)53-29-39-35(48(53)59)25-42(55)37-27-44(57)51(8,63-46(37)39)22-12-19-33(6)17-10-15-31(3)4/h14-15,18-19,24-25,40,43-44,47-48,54-59H,9-13,16-17,20-23,26-29H2,1-8H3,(H,60,61)/b32-18+,33-19+/t40-,43-,44-,47?,48?,50+,51+/m0/s1. The second-order valence-corrected chi connectivity index (χ2v) is 19.5. The summed E-state index contributed by atoms with van der Waals surface area (Å²) in [5.74, 6) is -0.380. The summed E-state index contributed by atoms with van der Waals surface area (Å²) in [7, 11) is 0. The first-order chi connectivity index (χ1) is 29.7. The van der Waals surface area contributed by atoms with Gasteiger partial charge in [-0.05, 0) is 132 Å². The van der Waals surface area contributed by atoms with Gasteiger partial charge in [0.1, 0.15) is 52.7 Å². The maximum Gasteiger partial charge on any atom is 0.321 e. The van der Waals surface area contributed by atoms with Crippen molar-refractivity contribution in [2.75, 3.05) is 6.54 Å². The van der Waals surface area contributed by atoms with Gasteiger partial charge in [-0.2, -0.15) is 0 Å². The molecule has 63 heavy (non-hydrogen) atoms. The minimum atomic E-state index is -1.31. The van der Waals surface area contributed by atoms with E-state index in [1.807, 2.05) is 18.7 Å². The number of aliphatic carboxylic acids is 1. The number of phenols is 2. The first-order valence-corrected chi connectivity index (χ1v) is 22.9. The lowest BCUT2D eigenvalue weighted by Gasteiger charge is -2.41. The average molecular weight is 873 g/mol. The van der Waals surface area contributed by atoms with Gasteiger partial charge < -0.3 is 45.2 Å². The molecular formula is C51H72N2O10. The Bertz CT molecular complexity index is 2130. The van der Waals surface area contributed by atoms with Gasteiger partial charge in [-0.15, -0.1) is 0 Å². The molecule has 12 heteroatoms. The van der Waals surface area contributed by atoms with Crippen LogP contribution >= 0.6 is 0 Å². The van der Waals surface area contributed by atoms with Gasteiger partial charge in [0, 0.05) is 65.9 Å². The van der Waals surface area contributed by atoms with Crippen LogP contribution in [-0.2, 0) is 30.7 Å². The summed E-state index contributed by atoms with van der Waals surface area (Å²) >= 11 is 0. The molecule has 12 nitrogen and oxygen atoms in total. The zero-order valence-corrected chi connectivity index (χ0v) is 38.7. The Balaban J connectivity index is 1.11. The van der Waals surface area contributed by atoms with Crippen molar-refractivity contribution >= 4 is 5.97 Å². The topological polar surface area (TPSA) is 184 Å². The van der Waals surface area contributed by atoms with E-state index < -0.39 is 47.9 Å². The summed E-state index contributed by atoms with van der Waals surface area (Å²) in [6.45, 7) is 17.0. The summed E-state index contributed by atoms with van der Waals surface area (Å²) in [6.07, 6.45) is 11.9. The first-order valence-electron chi connectivity index (χ1n) is 22.9. The van der Waals surface area contributed by atoms with Crippen LogP contribution in [0.4, 0.5) is 0 Å². The molecule has 0 saturated carbocycles. The number of hydrogen-bond donors (Lipinski definition) is 7. The molecule has 2 aromatic rings. The summed E-state index contributed by atoms with van der Waals surface area (Å²) < 4.78 is 13.2. The lowest BCUT2D eigenvalue weighted by Crippen LogP contribution is -2.49. The van der Waals surface area contributed by atoms with E-state index in [2.05, 4.69) is 65.8 Å². The van der Waals surface area contributed by atoms with Crippen molar-refractivity contribution in [2.45, 2.75) is 187 Å². The minimum Gasteiger partial charge on any atom is -0.508 e. The monoisotopic (exact) mass is 873 g/mol. The van der Waals surface area contributed by atoms with Crippen LogP contribution in [0.15, 0.2) is 58.7 Å². The SMILES string of the molecule is CC(C)=CCC/C(C)=C/CC[C@@]1(C)Oc2c(c(O)cc3c2CN(CCC[C@@H](C(=O)O)N2Cc4c(cc(O)c5c4O[C@](C)(CC/C=C(\C)CCC=C(C)C)[C@@H](O)C5)C2O)C3O)C[C@@H]1O. The Labute approximate surface area is 373 Å². The van der Waals surface area contributed by atoms with Crippen LogP contribution in [0.25, 0.3) is 0 Å². The number of carboxylic acids is 1. The molecule has 0 spiro atoms. The Kier molecular flexibility index (Phi) is 15.3. The molecule has 6 rings (SSSR count). The third kappa shape index (κ3) is 10.7. The smallest absolute Gasteiger partial charge is 0.321 e. The van der Waals surface area contributed by atoms with Crippen LogP contribution in [-0.4, -0.2) is 87.5 Å². The number of fused-ring (bicyclic) bond motifs is 6. The van der Waals surface area contributed by atoms with Gasteiger partial charge in [0.25, 0.3) is 0 Å². The predicted molar refractivity (Wildman–Crippen MR) is 244 cm³/mol. The number of benzene rings is 2. The zero-order valence-electron chi connectivity index (χ0n) is 38.7. The molecule has 346 valence electrons. The molecule has 4 heterocycles. The summed E-state index contributed by atoms with van der Waals surface area (Å²) in [6, 6.07) is 1.90. The Morgan fingerprint density at radius 3 is 1.62 bits per heavy atom. The predicted octanol–water partition coefficient (Wildman–Crippen LogP) is 8.70. The molecule has 0 aliphatic carbocycles. The number of phenolic OH excluding ortho intramolecular Hbond substituents is 2. The summed E-state index contributed by atoms with van der Waals surface area (Å²) in [4.78, 5) is 16.2. The van der Waals surface area contributed by atoms with E-state index in [0.717, 1.165) is 37.7 Å². The number of carbonyl (C=O) groups is 1. The summed E-state index contributed by atoms with van der Waals surface area (Å²) in [5.41, 5.74) is 6.45. The van der Waals surface area contributed by atoms with Crippen LogP contribution < -0.4 is 9.47 Å². The lowest BCUT2D eigenvalue weighted by molar-refractivity contribution is -0.149. The third-order valence-corrected chi connectivity index (χ3v) is 13.8. The fourth-order valence-corrected chi connectivity index (χ4v) is 9.71. The normalized spacial score (nSPS) is 26.2. The van der Waals surface area contributed by atoms with E-state index >= 15 is 0 Å². The van der Waals surface area contributed by atoms with Crippen molar-refractivity contribution in [3.05, 3.63) is 92.1 Å². The highest BCUT2D eigenvalue weighted by Gasteiger charge is 2.47. The van der Waals surface area contributed by atoms with E-state index in [9.17, 15) is 40.5 Å². The number of allylic oxidation sites excluding steroid dienone is 8. The number of aliphatic hydroxyl groups excluding tert-OH is 4. The maximum atomic E-state index is 12.9. The van der Waals surface area contributed by atoms with Gasteiger partial charge in [0.05, 0.1) is 12.2 Å². The van der Waals surface area contributed by atoms with Crippen molar-refractivity contribution < 1.29 is 50.0 Å². The fraction of sp³-hybridized carbons (Fsp3) is 0.588. The number of nitrogens with zero attached hydrogens (tertiary/aromatic N) is 2. The molecule has 2 aromatic carbocycles. The third-order valence-electron chi connectivity index (χ3n) is 13.8. The number of aliphatic hydroxyl groups is 4. The van der Waals surface area contributed by atoms with Crippen LogP contribution in [0.5, 0.6) is 23.0 Å². The fourth-order valence-electron chi connectivity index (χ4n) is 9.71. The number of ether oxygens (including phenoxy) is 2. The highest BCUT2D eigenvalue weighted by atomic mass is 16.5. The molecule has 7 N–H and O–H groups in total. The second kappa shape index (κ2) is 19.9. The first kappa shape index (κ1) is 48.3. The number of carboxylic acid groups (broad SMARTS) is 1. The molecule has 2 unspecified atom stereocenters. The van der Waals surface area contributed by atoms with Gasteiger partial charge in [-0.25, -0.2) is 0 Å². The molecule has 7 atom stereocenters. The summed E-state index contributed by atoms with van der Waals surface area (Å²) in [5, 5.41) is 78.3. The Hall–Kier alpha value is -4.17. The molecule has 0 amide bonds. The molecule has 4 aliphatic heterocycles. The van der Waals surface area contributed by atoms with E-state index in [-0.39, 0.29) is 37.3 Å². The van der Waals surface area contributed by atoms with Gasteiger partial charge >= 0.3 is 5.97 Å². The van der Waals surface area contributed by atoms with E-state index in [0.29, 0.717) is 78.1 Å². The van der Waals surface area contributed by atoms with Crippen LogP contribution in [0, 0.1) is 0 Å². The lowest BCUT2D eigenvalue weighted by atomic mass is 9.84. The average Bonchev–Trinajstić information content (AvgIpc) is 3.69. The molecule has 0 radical (unpaired) electrons.